The molecule has 1 aromatic heterocycles. The maximum Gasteiger partial charge on any atom is 0.231 e. The highest BCUT2D eigenvalue weighted by molar-refractivity contribution is 7.92. The summed E-state index contributed by atoms with van der Waals surface area (Å²) in [5, 5.41) is 3.98. The van der Waals surface area contributed by atoms with Gasteiger partial charge in [0.05, 0.1) is 26.9 Å². The molecule has 0 fully saturated rings. The minimum Gasteiger partial charge on any atom is -0.497 e. The fourth-order valence-corrected chi connectivity index (χ4v) is 3.05. The number of nitrogens with one attached hydrogen (secondary N) is 1. The number of rotatable bonds is 7. The van der Waals surface area contributed by atoms with Crippen LogP contribution < -0.4 is 14.2 Å². The van der Waals surface area contributed by atoms with Gasteiger partial charge in [0.2, 0.25) is 21.7 Å². The third-order valence-corrected chi connectivity index (χ3v) is 4.29. The second-order valence-electron chi connectivity index (χ2n) is 5.86. The zero-order valence-electron chi connectivity index (χ0n) is 15.1. The van der Waals surface area contributed by atoms with E-state index in [9.17, 15) is 8.42 Å². The van der Waals surface area contributed by atoms with Crippen molar-refractivity contribution in [2.24, 2.45) is 0 Å². The molecular weight excluding hydrogens is 370 g/mol. The Kier molecular flexibility index (Phi) is 5.31. The molecule has 27 heavy (non-hydrogen) atoms. The predicted molar refractivity (Wildman–Crippen MR) is 101 cm³/mol. The number of benzene rings is 2. The highest BCUT2D eigenvalue weighted by Crippen LogP contribution is 2.25. The summed E-state index contributed by atoms with van der Waals surface area (Å²) in [6.45, 7) is 0. The van der Waals surface area contributed by atoms with E-state index >= 15 is 0 Å². The van der Waals surface area contributed by atoms with Gasteiger partial charge in [-0.25, -0.2) is 8.42 Å². The van der Waals surface area contributed by atoms with E-state index < -0.39 is 10.0 Å². The molecule has 0 spiro atoms. The minimum atomic E-state index is -3.32. The molecule has 0 saturated carbocycles. The zero-order chi connectivity index (χ0) is 19.4. The topological polar surface area (TPSA) is 104 Å². The average Bonchev–Trinajstić information content (AvgIpc) is 3.09. The van der Waals surface area contributed by atoms with Crippen molar-refractivity contribution in [2.45, 2.75) is 6.42 Å². The van der Waals surface area contributed by atoms with Gasteiger partial charge in [0, 0.05) is 17.3 Å². The van der Waals surface area contributed by atoms with Gasteiger partial charge in [-0.2, -0.15) is 4.98 Å². The summed E-state index contributed by atoms with van der Waals surface area (Å²) < 4.78 is 40.8. The summed E-state index contributed by atoms with van der Waals surface area (Å²) in [5.41, 5.74) is 2.09. The summed E-state index contributed by atoms with van der Waals surface area (Å²) in [4.78, 5) is 4.39. The van der Waals surface area contributed by atoms with Crippen molar-refractivity contribution in [3.8, 4) is 22.9 Å². The normalized spacial score (nSPS) is 11.2. The molecule has 0 amide bonds. The average molecular weight is 389 g/mol. The fraction of sp³-hybridized carbons (Fsp3) is 0.222. The van der Waals surface area contributed by atoms with Crippen LogP contribution in [-0.2, 0) is 16.4 Å². The minimum absolute atomic E-state index is 0.422. The van der Waals surface area contributed by atoms with Crippen molar-refractivity contribution in [3.63, 3.8) is 0 Å². The van der Waals surface area contributed by atoms with E-state index in [0.29, 0.717) is 40.9 Å². The second kappa shape index (κ2) is 7.67. The maximum absolute atomic E-state index is 11.3. The lowest BCUT2D eigenvalue weighted by Crippen LogP contribution is -2.09. The van der Waals surface area contributed by atoms with E-state index in [-0.39, 0.29) is 0 Å². The van der Waals surface area contributed by atoms with Crippen LogP contribution in [0.3, 0.4) is 0 Å². The van der Waals surface area contributed by atoms with Crippen LogP contribution in [-0.4, -0.2) is 39.0 Å². The van der Waals surface area contributed by atoms with Crippen LogP contribution in [0.1, 0.15) is 11.5 Å². The van der Waals surface area contributed by atoms with Crippen LogP contribution >= 0.6 is 0 Å². The fourth-order valence-electron chi connectivity index (χ4n) is 2.49. The molecule has 0 saturated heterocycles. The van der Waals surface area contributed by atoms with E-state index in [1.54, 1.807) is 44.6 Å². The molecule has 3 rings (SSSR count). The van der Waals surface area contributed by atoms with Crippen LogP contribution in [0.5, 0.6) is 11.5 Å². The lowest BCUT2D eigenvalue weighted by atomic mass is 10.1. The molecule has 1 N–H and O–H groups in total. The summed E-state index contributed by atoms with van der Waals surface area (Å²) >= 11 is 0. The van der Waals surface area contributed by atoms with Gasteiger partial charge in [-0.05, 0) is 42.0 Å². The van der Waals surface area contributed by atoms with Gasteiger partial charge in [0.1, 0.15) is 11.5 Å². The van der Waals surface area contributed by atoms with Gasteiger partial charge < -0.3 is 14.0 Å². The zero-order valence-corrected chi connectivity index (χ0v) is 15.9. The van der Waals surface area contributed by atoms with Crippen molar-refractivity contribution < 1.29 is 22.4 Å². The van der Waals surface area contributed by atoms with E-state index in [2.05, 4.69) is 14.9 Å². The Morgan fingerprint density at radius 2 is 1.67 bits per heavy atom. The Balaban J connectivity index is 1.77. The Labute approximate surface area is 157 Å². The van der Waals surface area contributed by atoms with E-state index in [1.165, 1.54) is 0 Å². The van der Waals surface area contributed by atoms with Gasteiger partial charge in [0.15, 0.2) is 0 Å². The molecule has 0 atom stereocenters. The molecule has 9 heteroatoms. The number of methoxy groups -OCH3 is 2. The summed E-state index contributed by atoms with van der Waals surface area (Å²) in [6, 6.07) is 12.2. The largest absolute Gasteiger partial charge is 0.497 e. The Morgan fingerprint density at radius 1 is 1.04 bits per heavy atom. The molecule has 0 bridgehead atoms. The highest BCUT2D eigenvalue weighted by Gasteiger charge is 2.11. The predicted octanol–water partition coefficient (Wildman–Crippen LogP) is 2.72. The Hall–Kier alpha value is -3.07. The number of anilines is 1. The SMILES string of the molecule is COc1cc(Cc2nc(-c3ccc(NS(C)(=O)=O)cc3)no2)cc(OC)c1. The Morgan fingerprint density at radius 3 is 2.22 bits per heavy atom. The molecular formula is C18H19N3O5S. The van der Waals surface area contributed by atoms with Crippen LogP contribution in [0.25, 0.3) is 11.4 Å². The number of ether oxygens (including phenoxy) is 2. The first-order valence-corrected chi connectivity index (χ1v) is 9.88. The number of hydrogen-bond donors (Lipinski definition) is 1. The monoisotopic (exact) mass is 389 g/mol. The standard InChI is InChI=1S/C18H19N3O5S/c1-24-15-8-12(9-16(11-15)25-2)10-17-19-18(20-26-17)13-4-6-14(7-5-13)21-27(3,22)23/h4-9,11,21H,10H2,1-3H3. The number of sulfonamides is 1. The van der Waals surface area contributed by atoms with Crippen molar-refractivity contribution in [1.29, 1.82) is 0 Å². The van der Waals surface area contributed by atoms with Gasteiger partial charge in [-0.3, -0.25) is 4.72 Å². The van der Waals surface area contributed by atoms with Crippen LogP contribution in [0.15, 0.2) is 47.0 Å². The molecule has 1 heterocycles. The Bertz CT molecular complexity index is 1010. The molecule has 3 aromatic rings. The van der Waals surface area contributed by atoms with E-state index in [4.69, 9.17) is 14.0 Å². The van der Waals surface area contributed by atoms with Gasteiger partial charge in [-0.1, -0.05) is 5.16 Å². The highest BCUT2D eigenvalue weighted by atomic mass is 32.2. The van der Waals surface area contributed by atoms with Gasteiger partial charge >= 0.3 is 0 Å². The lowest BCUT2D eigenvalue weighted by Gasteiger charge is -2.06. The van der Waals surface area contributed by atoms with Crippen molar-refractivity contribution >= 4 is 15.7 Å². The molecule has 0 aliphatic carbocycles. The maximum atomic E-state index is 11.3. The van der Waals surface area contributed by atoms with Crippen LogP contribution in [0.4, 0.5) is 5.69 Å². The first-order valence-electron chi connectivity index (χ1n) is 7.99. The van der Waals surface area contributed by atoms with E-state index in [0.717, 1.165) is 11.8 Å². The molecule has 0 radical (unpaired) electrons. The first-order chi connectivity index (χ1) is 12.9. The van der Waals surface area contributed by atoms with Crippen molar-refractivity contribution in [3.05, 3.63) is 53.9 Å². The third-order valence-electron chi connectivity index (χ3n) is 3.68. The summed E-state index contributed by atoms with van der Waals surface area (Å²) in [5.74, 6) is 2.22. The van der Waals surface area contributed by atoms with Gasteiger partial charge in [0.25, 0.3) is 0 Å². The third kappa shape index (κ3) is 4.98. The smallest absolute Gasteiger partial charge is 0.231 e. The van der Waals surface area contributed by atoms with E-state index in [1.807, 2.05) is 12.1 Å². The number of aromatic nitrogens is 2. The van der Waals surface area contributed by atoms with Crippen molar-refractivity contribution in [1.82, 2.24) is 10.1 Å². The van der Waals surface area contributed by atoms with Gasteiger partial charge in [-0.15, -0.1) is 0 Å². The quantitative estimate of drug-likeness (QED) is 0.662. The van der Waals surface area contributed by atoms with Crippen LogP contribution in [0, 0.1) is 0 Å². The number of hydrogen-bond acceptors (Lipinski definition) is 7. The number of nitrogens with zero attached hydrogens (tertiary/aromatic N) is 2. The molecule has 0 aliphatic rings. The summed E-state index contributed by atoms with van der Waals surface area (Å²) in [6.07, 6.45) is 1.52. The molecule has 142 valence electrons. The van der Waals surface area contributed by atoms with Crippen molar-refractivity contribution in [2.75, 3.05) is 25.2 Å². The molecule has 0 aliphatic heterocycles. The lowest BCUT2D eigenvalue weighted by molar-refractivity contribution is 0.382. The molecule has 0 unspecified atom stereocenters. The first kappa shape index (κ1) is 18.7. The second-order valence-corrected chi connectivity index (χ2v) is 7.61. The summed E-state index contributed by atoms with van der Waals surface area (Å²) in [7, 11) is -0.139. The van der Waals surface area contributed by atoms with Crippen LogP contribution in [0.2, 0.25) is 0 Å². The molecule has 2 aromatic carbocycles. The molecule has 8 nitrogen and oxygen atoms in total.